The van der Waals surface area contributed by atoms with E-state index in [1.54, 1.807) is 11.4 Å². The summed E-state index contributed by atoms with van der Waals surface area (Å²) in [5.74, 6) is 0.547. The van der Waals surface area contributed by atoms with E-state index in [9.17, 15) is 8.42 Å². The summed E-state index contributed by atoms with van der Waals surface area (Å²) in [6, 6.07) is 0. The second-order valence-electron chi connectivity index (χ2n) is 5.53. The molecule has 1 aliphatic carbocycles. The number of sulfonamides is 1. The molecule has 1 saturated carbocycles. The fourth-order valence-corrected chi connectivity index (χ4v) is 5.46. The van der Waals surface area contributed by atoms with Crippen LogP contribution < -0.4 is 5.32 Å². The molecule has 20 heavy (non-hydrogen) atoms. The van der Waals surface area contributed by atoms with Crippen molar-refractivity contribution < 1.29 is 8.42 Å². The van der Waals surface area contributed by atoms with E-state index >= 15 is 0 Å². The predicted molar refractivity (Wildman–Crippen MR) is 83.6 cm³/mol. The van der Waals surface area contributed by atoms with E-state index in [2.05, 4.69) is 5.32 Å². The molecule has 2 rings (SSSR count). The van der Waals surface area contributed by atoms with Gasteiger partial charge in [0.05, 0.1) is 0 Å². The van der Waals surface area contributed by atoms with Gasteiger partial charge in [0.1, 0.15) is 4.90 Å². The van der Waals surface area contributed by atoms with Crippen molar-refractivity contribution in [1.29, 1.82) is 0 Å². The first-order valence-corrected chi connectivity index (χ1v) is 9.52. The van der Waals surface area contributed by atoms with Crippen LogP contribution in [0.15, 0.2) is 10.3 Å². The predicted octanol–water partition coefficient (Wildman–Crippen LogP) is 2.59. The minimum Gasteiger partial charge on any atom is -0.312 e. The Morgan fingerprint density at radius 2 is 2.15 bits per heavy atom. The molecule has 4 nitrogen and oxygen atoms in total. The van der Waals surface area contributed by atoms with Gasteiger partial charge in [-0.05, 0) is 43.2 Å². The maximum atomic E-state index is 12.8. The molecular weight excluding hydrogens is 292 g/mol. The summed E-state index contributed by atoms with van der Waals surface area (Å²) in [6.07, 6.45) is 3.56. The van der Waals surface area contributed by atoms with Crippen LogP contribution in [0.5, 0.6) is 0 Å². The molecule has 1 N–H and O–H groups in total. The summed E-state index contributed by atoms with van der Waals surface area (Å²) in [4.78, 5) is 1.44. The van der Waals surface area contributed by atoms with Crippen molar-refractivity contribution in [3.8, 4) is 0 Å². The topological polar surface area (TPSA) is 49.4 Å². The second-order valence-corrected chi connectivity index (χ2v) is 8.48. The molecule has 1 aromatic heterocycles. The van der Waals surface area contributed by atoms with Crippen LogP contribution in [0.3, 0.4) is 0 Å². The molecule has 0 unspecified atom stereocenters. The van der Waals surface area contributed by atoms with Crippen LogP contribution in [0, 0.1) is 12.8 Å². The highest BCUT2D eigenvalue weighted by molar-refractivity contribution is 7.89. The van der Waals surface area contributed by atoms with Crippen molar-refractivity contribution in [2.75, 3.05) is 20.1 Å². The molecule has 0 aliphatic heterocycles. The van der Waals surface area contributed by atoms with Crippen LogP contribution in [0.1, 0.15) is 36.6 Å². The molecule has 1 aromatic rings. The molecule has 1 aliphatic rings. The maximum Gasteiger partial charge on any atom is 0.244 e. The van der Waals surface area contributed by atoms with Crippen molar-refractivity contribution in [1.82, 2.24) is 9.62 Å². The van der Waals surface area contributed by atoms with E-state index < -0.39 is 10.0 Å². The third-order valence-electron chi connectivity index (χ3n) is 3.93. The second kappa shape index (κ2) is 6.56. The molecule has 0 atom stereocenters. The average Bonchev–Trinajstić information content (AvgIpc) is 2.72. The van der Waals surface area contributed by atoms with Gasteiger partial charge in [-0.2, -0.15) is 0 Å². The molecule has 0 aromatic carbocycles. The number of nitrogens with one attached hydrogen (secondary N) is 1. The highest BCUT2D eigenvalue weighted by Gasteiger charge is 2.30. The number of hydrogen-bond donors (Lipinski definition) is 1. The summed E-state index contributed by atoms with van der Waals surface area (Å²) >= 11 is 1.53. The lowest BCUT2D eigenvalue weighted by Gasteiger charge is -2.29. The Morgan fingerprint density at radius 3 is 2.70 bits per heavy atom. The molecule has 0 radical (unpaired) electrons. The average molecular weight is 316 g/mol. The molecular formula is C14H24N2O2S2. The van der Waals surface area contributed by atoms with Gasteiger partial charge in [-0.3, -0.25) is 0 Å². The zero-order valence-electron chi connectivity index (χ0n) is 12.5. The van der Waals surface area contributed by atoms with Crippen molar-refractivity contribution in [3.05, 3.63) is 15.8 Å². The fourth-order valence-electron chi connectivity index (χ4n) is 2.49. The molecule has 0 amide bonds. The zero-order valence-corrected chi connectivity index (χ0v) is 14.1. The van der Waals surface area contributed by atoms with Crippen LogP contribution in [0.2, 0.25) is 0 Å². The first-order valence-electron chi connectivity index (χ1n) is 7.20. The van der Waals surface area contributed by atoms with E-state index in [1.807, 2.05) is 19.2 Å². The van der Waals surface area contributed by atoms with Crippen molar-refractivity contribution in [3.63, 3.8) is 0 Å². The number of nitrogens with zero attached hydrogens (tertiary/aromatic N) is 1. The summed E-state index contributed by atoms with van der Waals surface area (Å²) < 4.78 is 27.1. The molecule has 1 heterocycles. The highest BCUT2D eigenvalue weighted by Crippen LogP contribution is 2.32. The van der Waals surface area contributed by atoms with Crippen LogP contribution in [0.25, 0.3) is 0 Å². The third-order valence-corrected chi connectivity index (χ3v) is 7.22. The Kier molecular flexibility index (Phi) is 5.23. The summed E-state index contributed by atoms with van der Waals surface area (Å²) in [5.41, 5.74) is 0.864. The Balaban J connectivity index is 2.20. The van der Waals surface area contributed by atoms with Crippen LogP contribution >= 0.6 is 11.3 Å². The number of aryl methyl sites for hydroxylation is 1. The summed E-state index contributed by atoms with van der Waals surface area (Å²) in [7, 11) is -1.64. The van der Waals surface area contributed by atoms with Crippen LogP contribution in [-0.2, 0) is 16.6 Å². The van der Waals surface area contributed by atoms with Crippen molar-refractivity contribution in [2.24, 2.45) is 5.92 Å². The van der Waals surface area contributed by atoms with Gasteiger partial charge in [0.2, 0.25) is 10.0 Å². The van der Waals surface area contributed by atoms with Gasteiger partial charge in [0.25, 0.3) is 0 Å². The zero-order chi connectivity index (χ0) is 14.8. The summed E-state index contributed by atoms with van der Waals surface area (Å²) in [6.45, 7) is 6.03. The number of hydrogen-bond acceptors (Lipinski definition) is 4. The largest absolute Gasteiger partial charge is 0.312 e. The number of thiophene rings is 1. The van der Waals surface area contributed by atoms with E-state index in [0.29, 0.717) is 23.9 Å². The molecule has 114 valence electrons. The maximum absolute atomic E-state index is 12.8. The van der Waals surface area contributed by atoms with Crippen molar-refractivity contribution in [2.45, 2.75) is 44.6 Å². The van der Waals surface area contributed by atoms with E-state index in [0.717, 1.165) is 29.8 Å². The molecule has 1 fully saturated rings. The smallest absolute Gasteiger partial charge is 0.244 e. The fraction of sp³-hybridized carbons (Fsp3) is 0.714. The van der Waals surface area contributed by atoms with E-state index in [-0.39, 0.29) is 0 Å². The van der Waals surface area contributed by atoms with Gasteiger partial charge in [0.15, 0.2) is 0 Å². The third kappa shape index (κ3) is 3.24. The van der Waals surface area contributed by atoms with Crippen molar-refractivity contribution >= 4 is 21.4 Å². The monoisotopic (exact) mass is 316 g/mol. The normalized spacial score (nSPS) is 16.6. The minimum atomic E-state index is -3.35. The molecule has 0 bridgehead atoms. The SMILES string of the molecule is CCNCc1scc(C)c1S(=O)(=O)N(C)CC1CCC1. The lowest BCUT2D eigenvalue weighted by atomic mass is 9.86. The van der Waals surface area contributed by atoms with Gasteiger partial charge in [-0.1, -0.05) is 13.3 Å². The Bertz CT molecular complexity index is 548. The lowest BCUT2D eigenvalue weighted by molar-refractivity contribution is 0.263. The Morgan fingerprint density at radius 1 is 1.45 bits per heavy atom. The Labute approximate surface area is 126 Å². The molecule has 6 heteroatoms. The Hall–Kier alpha value is -0.430. The minimum absolute atomic E-state index is 0.519. The first-order chi connectivity index (χ1) is 9.46. The molecule has 0 saturated heterocycles. The van der Waals surface area contributed by atoms with Gasteiger partial charge in [0, 0.05) is 25.0 Å². The van der Waals surface area contributed by atoms with E-state index in [1.165, 1.54) is 17.8 Å². The number of rotatable bonds is 7. The van der Waals surface area contributed by atoms with Gasteiger partial charge < -0.3 is 5.32 Å². The quantitative estimate of drug-likeness (QED) is 0.841. The highest BCUT2D eigenvalue weighted by atomic mass is 32.2. The first kappa shape index (κ1) is 15.9. The summed E-state index contributed by atoms with van der Waals surface area (Å²) in [5, 5.41) is 5.16. The van der Waals surface area contributed by atoms with Crippen LogP contribution in [-0.4, -0.2) is 32.9 Å². The van der Waals surface area contributed by atoms with Gasteiger partial charge in [-0.25, -0.2) is 12.7 Å². The van der Waals surface area contributed by atoms with Gasteiger partial charge in [-0.15, -0.1) is 11.3 Å². The molecule has 0 spiro atoms. The standard InChI is InChI=1S/C14H24N2O2S2/c1-4-15-8-13-14(11(2)10-19-13)20(17,18)16(3)9-12-6-5-7-12/h10,12,15H,4-9H2,1-3H3. The van der Waals surface area contributed by atoms with Crippen LogP contribution in [0.4, 0.5) is 0 Å². The lowest BCUT2D eigenvalue weighted by Crippen LogP contribution is -2.35. The van der Waals surface area contributed by atoms with Gasteiger partial charge >= 0.3 is 0 Å². The van der Waals surface area contributed by atoms with E-state index in [4.69, 9.17) is 0 Å².